The topological polar surface area (TPSA) is 32.3 Å². The molecule has 3 rings (SSSR count). The number of nitrogens with one attached hydrogen (secondary N) is 1. The van der Waals surface area contributed by atoms with Gasteiger partial charge in [-0.15, -0.1) is 11.8 Å². The summed E-state index contributed by atoms with van der Waals surface area (Å²) in [6.07, 6.45) is 5.02. The highest BCUT2D eigenvalue weighted by molar-refractivity contribution is 8.00. The molecule has 3 nitrogen and oxygen atoms in total. The Hall–Kier alpha value is -1.00. The van der Waals surface area contributed by atoms with Gasteiger partial charge in [0.2, 0.25) is 5.91 Å². The molecule has 2 aliphatic rings. The molecule has 0 radical (unpaired) electrons. The lowest BCUT2D eigenvalue weighted by Crippen LogP contribution is -2.45. The third-order valence-corrected chi connectivity index (χ3v) is 5.34. The fourth-order valence-electron chi connectivity index (χ4n) is 2.74. The summed E-state index contributed by atoms with van der Waals surface area (Å²) in [5.41, 5.74) is 0. The fourth-order valence-corrected chi connectivity index (χ4v) is 3.56. The van der Waals surface area contributed by atoms with Crippen molar-refractivity contribution in [3.63, 3.8) is 0 Å². The van der Waals surface area contributed by atoms with Crippen LogP contribution in [0.1, 0.15) is 25.7 Å². The van der Waals surface area contributed by atoms with E-state index in [-0.39, 0.29) is 5.91 Å². The number of hydrogen-bond donors (Lipinski definition) is 1. The van der Waals surface area contributed by atoms with E-state index in [1.807, 2.05) is 23.1 Å². The van der Waals surface area contributed by atoms with Gasteiger partial charge in [-0.25, -0.2) is 0 Å². The van der Waals surface area contributed by atoms with Gasteiger partial charge in [-0.05, 0) is 50.3 Å². The molecule has 0 bridgehead atoms. The Kier molecular flexibility index (Phi) is 5.20. The predicted octanol–water partition coefficient (Wildman–Crippen LogP) is 2.77. The van der Waals surface area contributed by atoms with Gasteiger partial charge >= 0.3 is 0 Å². The Morgan fingerprint density at radius 1 is 1.14 bits per heavy atom. The molecule has 1 aliphatic carbocycles. The molecule has 1 aromatic rings. The highest BCUT2D eigenvalue weighted by atomic mass is 32.2. The lowest BCUT2D eigenvalue weighted by atomic mass is 10.0. The van der Waals surface area contributed by atoms with E-state index in [1.165, 1.54) is 24.3 Å². The zero-order valence-electron chi connectivity index (χ0n) is 12.5. The van der Waals surface area contributed by atoms with Crippen molar-refractivity contribution in [3.8, 4) is 0 Å². The lowest BCUT2D eigenvalue weighted by Gasteiger charge is -2.32. The maximum Gasteiger partial charge on any atom is 0.232 e. The van der Waals surface area contributed by atoms with E-state index in [4.69, 9.17) is 0 Å². The summed E-state index contributed by atoms with van der Waals surface area (Å²) in [5.74, 6) is 1.78. The van der Waals surface area contributed by atoms with Crippen molar-refractivity contribution in [2.24, 2.45) is 5.92 Å². The van der Waals surface area contributed by atoms with Crippen molar-refractivity contribution in [1.82, 2.24) is 10.2 Å². The van der Waals surface area contributed by atoms with Gasteiger partial charge in [-0.2, -0.15) is 0 Å². The minimum Gasteiger partial charge on any atom is -0.342 e. The highest BCUT2D eigenvalue weighted by Crippen LogP contribution is 2.28. The molecule has 1 aliphatic heterocycles. The van der Waals surface area contributed by atoms with E-state index >= 15 is 0 Å². The predicted molar refractivity (Wildman–Crippen MR) is 87.5 cm³/mol. The number of benzene rings is 1. The van der Waals surface area contributed by atoms with Crippen LogP contribution in [-0.4, -0.2) is 42.2 Å². The van der Waals surface area contributed by atoms with Gasteiger partial charge in [0.05, 0.1) is 5.75 Å². The van der Waals surface area contributed by atoms with E-state index in [1.54, 1.807) is 11.8 Å². The standard InChI is InChI=1S/C17H24N2OS/c20-17(13-21-16-4-2-1-3-5-16)19-10-8-15(9-11-19)18-12-14-6-7-14/h1-5,14-15,18H,6-13H2. The zero-order chi connectivity index (χ0) is 14.5. The molecule has 1 saturated carbocycles. The molecule has 1 saturated heterocycles. The Balaban J connectivity index is 1.36. The number of nitrogens with zero attached hydrogens (tertiary/aromatic N) is 1. The van der Waals surface area contributed by atoms with E-state index in [0.717, 1.165) is 31.8 Å². The number of amides is 1. The third kappa shape index (κ3) is 4.75. The summed E-state index contributed by atoms with van der Waals surface area (Å²) in [6.45, 7) is 3.01. The molecule has 114 valence electrons. The minimum atomic E-state index is 0.282. The van der Waals surface area contributed by atoms with Gasteiger partial charge in [0.1, 0.15) is 0 Å². The molecule has 2 fully saturated rings. The molecule has 0 atom stereocenters. The average Bonchev–Trinajstić information content (AvgIpc) is 3.36. The Morgan fingerprint density at radius 2 is 1.86 bits per heavy atom. The maximum absolute atomic E-state index is 12.2. The first-order valence-electron chi connectivity index (χ1n) is 8.00. The van der Waals surface area contributed by atoms with Crippen LogP contribution in [0.15, 0.2) is 35.2 Å². The molecule has 1 amide bonds. The van der Waals surface area contributed by atoms with Crippen molar-refractivity contribution >= 4 is 17.7 Å². The van der Waals surface area contributed by atoms with Crippen LogP contribution < -0.4 is 5.32 Å². The summed E-state index contributed by atoms with van der Waals surface area (Å²) < 4.78 is 0. The van der Waals surface area contributed by atoms with E-state index in [2.05, 4.69) is 17.4 Å². The molecule has 0 spiro atoms. The van der Waals surface area contributed by atoms with E-state index in [9.17, 15) is 4.79 Å². The molecule has 4 heteroatoms. The van der Waals surface area contributed by atoms with Crippen molar-refractivity contribution in [3.05, 3.63) is 30.3 Å². The van der Waals surface area contributed by atoms with E-state index in [0.29, 0.717) is 11.8 Å². The molecular weight excluding hydrogens is 280 g/mol. The van der Waals surface area contributed by atoms with Crippen LogP contribution in [0, 0.1) is 5.92 Å². The number of rotatable bonds is 6. The summed E-state index contributed by atoms with van der Waals surface area (Å²) in [6, 6.07) is 10.8. The van der Waals surface area contributed by atoms with Crippen molar-refractivity contribution < 1.29 is 4.79 Å². The molecular formula is C17H24N2OS. The fraction of sp³-hybridized carbons (Fsp3) is 0.588. The van der Waals surface area contributed by atoms with Gasteiger partial charge < -0.3 is 10.2 Å². The van der Waals surface area contributed by atoms with Gasteiger partial charge in [-0.1, -0.05) is 18.2 Å². The number of likely N-dealkylation sites (tertiary alicyclic amines) is 1. The second-order valence-corrected chi connectivity index (χ2v) is 7.16. The summed E-state index contributed by atoms with van der Waals surface area (Å²) >= 11 is 1.64. The first-order valence-corrected chi connectivity index (χ1v) is 8.99. The van der Waals surface area contributed by atoms with Crippen molar-refractivity contribution in [2.75, 3.05) is 25.4 Å². The molecule has 1 aromatic carbocycles. The van der Waals surface area contributed by atoms with E-state index < -0.39 is 0 Å². The first-order chi connectivity index (χ1) is 10.3. The largest absolute Gasteiger partial charge is 0.342 e. The van der Waals surface area contributed by atoms with Crippen LogP contribution in [0.5, 0.6) is 0 Å². The summed E-state index contributed by atoms with van der Waals surface area (Å²) in [7, 11) is 0. The van der Waals surface area contributed by atoms with Gasteiger partial charge in [0.25, 0.3) is 0 Å². The van der Waals surface area contributed by atoms with Crippen LogP contribution in [0.4, 0.5) is 0 Å². The Morgan fingerprint density at radius 3 is 2.52 bits per heavy atom. The smallest absolute Gasteiger partial charge is 0.232 e. The second kappa shape index (κ2) is 7.32. The van der Waals surface area contributed by atoms with Gasteiger partial charge in [0.15, 0.2) is 0 Å². The monoisotopic (exact) mass is 304 g/mol. The van der Waals surface area contributed by atoms with Crippen molar-refractivity contribution in [1.29, 1.82) is 0 Å². The Labute approximate surface area is 131 Å². The maximum atomic E-state index is 12.2. The molecule has 1 heterocycles. The number of hydrogen-bond acceptors (Lipinski definition) is 3. The molecule has 0 unspecified atom stereocenters. The van der Waals surface area contributed by atoms with Crippen LogP contribution in [0.25, 0.3) is 0 Å². The lowest BCUT2D eigenvalue weighted by molar-refractivity contribution is -0.129. The molecule has 21 heavy (non-hydrogen) atoms. The average molecular weight is 304 g/mol. The summed E-state index contributed by atoms with van der Waals surface area (Å²) in [4.78, 5) is 15.4. The molecule has 1 N–H and O–H groups in total. The summed E-state index contributed by atoms with van der Waals surface area (Å²) in [5, 5.41) is 3.66. The number of piperidine rings is 1. The SMILES string of the molecule is O=C(CSc1ccccc1)N1CCC(NCC2CC2)CC1. The number of carbonyl (C=O) groups excluding carboxylic acids is 1. The normalized spacial score (nSPS) is 19.7. The first kappa shape index (κ1) is 14.9. The number of thioether (sulfide) groups is 1. The third-order valence-electron chi connectivity index (χ3n) is 4.35. The number of carbonyl (C=O) groups is 1. The minimum absolute atomic E-state index is 0.282. The van der Waals surface area contributed by atoms with Gasteiger partial charge in [-0.3, -0.25) is 4.79 Å². The zero-order valence-corrected chi connectivity index (χ0v) is 13.3. The van der Waals surface area contributed by atoms with Crippen molar-refractivity contribution in [2.45, 2.75) is 36.6 Å². The van der Waals surface area contributed by atoms with Crippen LogP contribution in [0.3, 0.4) is 0 Å². The molecule has 0 aromatic heterocycles. The quantitative estimate of drug-likeness (QED) is 0.820. The second-order valence-electron chi connectivity index (χ2n) is 6.11. The van der Waals surface area contributed by atoms with Gasteiger partial charge in [0, 0.05) is 24.0 Å². The highest BCUT2D eigenvalue weighted by Gasteiger charge is 2.25. The van der Waals surface area contributed by atoms with Crippen LogP contribution in [-0.2, 0) is 4.79 Å². The Bertz CT molecular complexity index is 453. The van der Waals surface area contributed by atoms with Crippen LogP contribution >= 0.6 is 11.8 Å². The van der Waals surface area contributed by atoms with Crippen LogP contribution in [0.2, 0.25) is 0 Å².